The zero-order valence-electron chi connectivity index (χ0n) is 13.7. The minimum atomic E-state index is -2.05. The van der Waals surface area contributed by atoms with Gasteiger partial charge in [0.05, 0.1) is 6.61 Å². The molecular formula is C17H24O6. The molecule has 128 valence electrons. The van der Waals surface area contributed by atoms with E-state index in [4.69, 9.17) is 9.47 Å². The summed E-state index contributed by atoms with van der Waals surface area (Å²) < 4.78 is 10.3. The van der Waals surface area contributed by atoms with Crippen molar-refractivity contribution in [2.75, 3.05) is 19.8 Å². The Bertz CT molecular complexity index is 537. The highest BCUT2D eigenvalue weighted by Gasteiger charge is 2.47. The predicted octanol–water partition coefficient (Wildman–Crippen LogP) is 0.683. The van der Waals surface area contributed by atoms with Gasteiger partial charge in [0.25, 0.3) is 0 Å². The summed E-state index contributed by atoms with van der Waals surface area (Å²) in [5, 5.41) is 30.7. The van der Waals surface area contributed by atoms with Crippen LogP contribution < -0.4 is 0 Å². The first-order valence-corrected chi connectivity index (χ1v) is 7.55. The maximum atomic E-state index is 11.1. The SMILES string of the molecule is CC(C)(C)c1ccc(C(O)C(O)(CO)C2OCC(=O)CO2)cc1. The highest BCUT2D eigenvalue weighted by molar-refractivity contribution is 5.81. The molecule has 0 amide bonds. The van der Waals surface area contributed by atoms with Crippen molar-refractivity contribution < 1.29 is 29.6 Å². The normalized spacial score (nSPS) is 21.0. The first-order valence-electron chi connectivity index (χ1n) is 7.55. The maximum Gasteiger partial charge on any atom is 0.192 e. The Morgan fingerprint density at radius 2 is 1.70 bits per heavy atom. The minimum absolute atomic E-state index is 0.0350. The molecule has 1 aliphatic rings. The van der Waals surface area contributed by atoms with Crippen LogP contribution in [0.3, 0.4) is 0 Å². The van der Waals surface area contributed by atoms with E-state index >= 15 is 0 Å². The van der Waals surface area contributed by atoms with E-state index in [9.17, 15) is 20.1 Å². The quantitative estimate of drug-likeness (QED) is 0.754. The fourth-order valence-electron chi connectivity index (χ4n) is 2.46. The second-order valence-electron chi connectivity index (χ2n) is 6.92. The van der Waals surface area contributed by atoms with Crippen LogP contribution in [0.4, 0.5) is 0 Å². The van der Waals surface area contributed by atoms with Gasteiger partial charge in [-0.1, -0.05) is 45.0 Å². The average molecular weight is 324 g/mol. The Morgan fingerprint density at radius 3 is 2.13 bits per heavy atom. The first-order chi connectivity index (χ1) is 10.7. The average Bonchev–Trinajstić information content (AvgIpc) is 2.53. The lowest BCUT2D eigenvalue weighted by atomic mass is 9.84. The summed E-state index contributed by atoms with van der Waals surface area (Å²) in [6, 6.07) is 7.12. The summed E-state index contributed by atoms with van der Waals surface area (Å²) in [6.07, 6.45) is -2.69. The summed E-state index contributed by atoms with van der Waals surface area (Å²) in [5.74, 6) is -0.259. The molecule has 1 aromatic carbocycles. The molecule has 23 heavy (non-hydrogen) atoms. The number of carbonyl (C=O) groups is 1. The molecule has 2 unspecified atom stereocenters. The van der Waals surface area contributed by atoms with E-state index in [1.54, 1.807) is 12.1 Å². The molecule has 6 nitrogen and oxygen atoms in total. The van der Waals surface area contributed by atoms with Crippen molar-refractivity contribution in [3.05, 3.63) is 35.4 Å². The lowest BCUT2D eigenvalue weighted by molar-refractivity contribution is -0.285. The lowest BCUT2D eigenvalue weighted by Crippen LogP contribution is -2.55. The molecule has 1 fully saturated rings. The molecule has 3 N–H and O–H groups in total. The highest BCUT2D eigenvalue weighted by Crippen LogP contribution is 2.33. The van der Waals surface area contributed by atoms with E-state index in [-0.39, 0.29) is 24.4 Å². The summed E-state index contributed by atoms with van der Waals surface area (Å²) >= 11 is 0. The van der Waals surface area contributed by atoms with Gasteiger partial charge in [0, 0.05) is 0 Å². The molecule has 1 aliphatic heterocycles. The molecule has 0 radical (unpaired) electrons. The number of ether oxygens (including phenoxy) is 2. The predicted molar refractivity (Wildman–Crippen MR) is 82.8 cm³/mol. The van der Waals surface area contributed by atoms with E-state index in [2.05, 4.69) is 20.8 Å². The van der Waals surface area contributed by atoms with Crippen LogP contribution in [0.15, 0.2) is 24.3 Å². The Labute approximate surface area is 135 Å². The molecule has 0 aliphatic carbocycles. The Balaban J connectivity index is 2.21. The highest BCUT2D eigenvalue weighted by atomic mass is 16.7. The smallest absolute Gasteiger partial charge is 0.192 e. The van der Waals surface area contributed by atoms with E-state index in [0.29, 0.717) is 5.56 Å². The van der Waals surface area contributed by atoms with Crippen molar-refractivity contribution in [2.45, 2.75) is 44.2 Å². The van der Waals surface area contributed by atoms with Crippen LogP contribution in [0.2, 0.25) is 0 Å². The molecule has 6 heteroatoms. The molecule has 2 rings (SSSR count). The standard InChI is InChI=1S/C17H24O6/c1-16(2,3)12-6-4-11(5-7-12)14(20)17(21,10-18)15-22-8-13(19)9-23-15/h4-7,14-15,18,20-21H,8-10H2,1-3H3. The molecule has 0 saturated carbocycles. The van der Waals surface area contributed by atoms with Crippen molar-refractivity contribution in [1.29, 1.82) is 0 Å². The van der Waals surface area contributed by atoms with Crippen LogP contribution in [0.5, 0.6) is 0 Å². The Morgan fingerprint density at radius 1 is 1.17 bits per heavy atom. The zero-order valence-corrected chi connectivity index (χ0v) is 13.7. The summed E-state index contributed by atoms with van der Waals surface area (Å²) in [4.78, 5) is 11.1. The third kappa shape index (κ3) is 3.79. The molecule has 1 aromatic rings. The van der Waals surface area contributed by atoms with Crippen LogP contribution in [0.25, 0.3) is 0 Å². The Hall–Kier alpha value is -1.31. The van der Waals surface area contributed by atoms with Crippen molar-refractivity contribution in [2.24, 2.45) is 0 Å². The van der Waals surface area contributed by atoms with Gasteiger partial charge in [-0.3, -0.25) is 4.79 Å². The molecule has 1 saturated heterocycles. The van der Waals surface area contributed by atoms with E-state index in [1.165, 1.54) is 0 Å². The van der Waals surface area contributed by atoms with Crippen LogP contribution >= 0.6 is 0 Å². The molecule has 0 spiro atoms. The van der Waals surface area contributed by atoms with Gasteiger partial charge in [-0.25, -0.2) is 0 Å². The fourth-order valence-corrected chi connectivity index (χ4v) is 2.46. The van der Waals surface area contributed by atoms with Crippen molar-refractivity contribution in [1.82, 2.24) is 0 Å². The fraction of sp³-hybridized carbons (Fsp3) is 0.588. The van der Waals surface area contributed by atoms with E-state index < -0.39 is 24.6 Å². The summed E-state index contributed by atoms with van der Waals surface area (Å²) in [7, 11) is 0. The topological polar surface area (TPSA) is 96.2 Å². The van der Waals surface area contributed by atoms with Gasteiger partial charge in [0.1, 0.15) is 19.3 Å². The van der Waals surface area contributed by atoms with Gasteiger partial charge in [-0.15, -0.1) is 0 Å². The summed E-state index contributed by atoms with van der Waals surface area (Å²) in [5.41, 5.74) is -0.577. The molecule has 0 aromatic heterocycles. The maximum absolute atomic E-state index is 11.1. The Kier molecular flexibility index (Phi) is 5.23. The number of hydrogen-bond acceptors (Lipinski definition) is 6. The third-order valence-electron chi connectivity index (χ3n) is 4.02. The lowest BCUT2D eigenvalue weighted by Gasteiger charge is -2.39. The van der Waals surface area contributed by atoms with Gasteiger partial charge in [0.15, 0.2) is 17.7 Å². The number of aliphatic hydroxyl groups is 3. The van der Waals surface area contributed by atoms with Gasteiger partial charge in [-0.2, -0.15) is 0 Å². The van der Waals surface area contributed by atoms with E-state index in [0.717, 1.165) is 5.56 Å². The molecule has 0 bridgehead atoms. The van der Waals surface area contributed by atoms with E-state index in [1.807, 2.05) is 12.1 Å². The third-order valence-corrected chi connectivity index (χ3v) is 4.02. The number of rotatable bonds is 4. The molecule has 2 atom stereocenters. The number of carbonyl (C=O) groups excluding carboxylic acids is 1. The zero-order chi connectivity index (χ0) is 17.3. The van der Waals surface area contributed by atoms with Crippen molar-refractivity contribution >= 4 is 5.78 Å². The number of Topliss-reactive ketones (excluding diaryl/α,β-unsaturated/α-hetero) is 1. The first kappa shape index (κ1) is 18.0. The van der Waals surface area contributed by atoms with Crippen LogP contribution in [0.1, 0.15) is 38.0 Å². The van der Waals surface area contributed by atoms with Gasteiger partial charge < -0.3 is 24.8 Å². The van der Waals surface area contributed by atoms with Gasteiger partial charge in [-0.05, 0) is 16.5 Å². The molecular weight excluding hydrogens is 300 g/mol. The summed E-state index contributed by atoms with van der Waals surface area (Å²) in [6.45, 7) is 5.01. The number of aliphatic hydroxyl groups excluding tert-OH is 2. The number of ketones is 1. The monoisotopic (exact) mass is 324 g/mol. The van der Waals surface area contributed by atoms with Crippen LogP contribution in [-0.4, -0.2) is 52.8 Å². The minimum Gasteiger partial charge on any atom is -0.393 e. The number of benzene rings is 1. The van der Waals surface area contributed by atoms with Gasteiger partial charge >= 0.3 is 0 Å². The van der Waals surface area contributed by atoms with Gasteiger partial charge in [0.2, 0.25) is 0 Å². The number of hydrogen-bond donors (Lipinski definition) is 3. The van der Waals surface area contributed by atoms with Crippen LogP contribution in [0, 0.1) is 0 Å². The van der Waals surface area contributed by atoms with Crippen molar-refractivity contribution in [3.8, 4) is 0 Å². The second kappa shape index (κ2) is 6.67. The van der Waals surface area contributed by atoms with Crippen molar-refractivity contribution in [3.63, 3.8) is 0 Å². The van der Waals surface area contributed by atoms with Crippen LogP contribution in [-0.2, 0) is 19.7 Å². The molecule has 1 heterocycles. The second-order valence-corrected chi connectivity index (χ2v) is 6.92. The largest absolute Gasteiger partial charge is 0.393 e.